The van der Waals surface area contributed by atoms with E-state index in [1.165, 1.54) is 12.1 Å². The van der Waals surface area contributed by atoms with E-state index in [0.29, 0.717) is 5.56 Å². The van der Waals surface area contributed by atoms with Crippen LogP contribution in [0, 0.1) is 6.92 Å². The highest BCUT2D eigenvalue weighted by atomic mass is 32.2. The molecule has 0 aliphatic carbocycles. The Labute approximate surface area is 124 Å². The number of nitrogens with one attached hydrogen (secondary N) is 1. The van der Waals surface area contributed by atoms with Crippen molar-refractivity contribution in [3.05, 3.63) is 59.4 Å². The van der Waals surface area contributed by atoms with E-state index in [1.807, 2.05) is 19.1 Å². The van der Waals surface area contributed by atoms with Crippen molar-refractivity contribution in [3.63, 3.8) is 0 Å². The number of nitrogens with zero attached hydrogens (tertiary/aromatic N) is 1. The summed E-state index contributed by atoms with van der Waals surface area (Å²) < 4.78 is 27.0. The number of aryl methyl sites for hydroxylation is 1. The highest BCUT2D eigenvalue weighted by Gasteiger charge is 2.15. The van der Waals surface area contributed by atoms with Crippen LogP contribution < -0.4 is 4.72 Å². The predicted octanol–water partition coefficient (Wildman–Crippen LogP) is 1.92. The molecule has 21 heavy (non-hydrogen) atoms. The minimum absolute atomic E-state index is 0.140. The van der Waals surface area contributed by atoms with Crippen molar-refractivity contribution < 1.29 is 13.5 Å². The molecule has 2 N–H and O–H groups in total. The van der Waals surface area contributed by atoms with Crippen LogP contribution in [0.25, 0.3) is 0 Å². The molecule has 0 bridgehead atoms. The molecule has 5 nitrogen and oxygen atoms in total. The molecule has 1 unspecified atom stereocenters. The number of rotatable bonds is 5. The summed E-state index contributed by atoms with van der Waals surface area (Å²) in [5.74, 6) is 0. The van der Waals surface area contributed by atoms with Gasteiger partial charge in [0, 0.05) is 18.4 Å². The second-order valence-corrected chi connectivity index (χ2v) is 6.65. The van der Waals surface area contributed by atoms with Gasteiger partial charge in [0.05, 0.1) is 11.0 Å². The fourth-order valence-electron chi connectivity index (χ4n) is 1.81. The lowest BCUT2D eigenvalue weighted by atomic mass is 10.1. The average molecular weight is 306 g/mol. The minimum atomic E-state index is -3.61. The monoisotopic (exact) mass is 306 g/mol. The topological polar surface area (TPSA) is 79.3 Å². The van der Waals surface area contributed by atoms with E-state index >= 15 is 0 Å². The van der Waals surface area contributed by atoms with Crippen molar-refractivity contribution in [2.75, 3.05) is 0 Å². The number of aliphatic hydroxyl groups is 1. The van der Waals surface area contributed by atoms with Crippen molar-refractivity contribution in [3.8, 4) is 0 Å². The molecule has 6 heteroatoms. The Morgan fingerprint density at radius 1 is 1.29 bits per heavy atom. The van der Waals surface area contributed by atoms with Crippen LogP contribution in [0.3, 0.4) is 0 Å². The molecular weight excluding hydrogens is 288 g/mol. The first-order valence-corrected chi connectivity index (χ1v) is 8.06. The summed E-state index contributed by atoms with van der Waals surface area (Å²) in [7, 11) is -3.61. The average Bonchev–Trinajstić information content (AvgIpc) is 2.47. The van der Waals surface area contributed by atoms with Gasteiger partial charge in [-0.2, -0.15) is 0 Å². The lowest BCUT2D eigenvalue weighted by molar-refractivity contribution is 0.199. The Kier molecular flexibility index (Phi) is 4.72. The van der Waals surface area contributed by atoms with Crippen LogP contribution in [0.5, 0.6) is 0 Å². The number of sulfonamides is 1. The SMILES string of the molecule is Cc1ccc(CNS(=O)(=O)c2cccc(C(C)O)c2)cn1. The summed E-state index contributed by atoms with van der Waals surface area (Å²) in [6.07, 6.45) is 0.936. The first-order chi connectivity index (χ1) is 9.88. The van der Waals surface area contributed by atoms with Gasteiger partial charge in [0.1, 0.15) is 0 Å². The first kappa shape index (κ1) is 15.6. The molecule has 1 atom stereocenters. The number of benzene rings is 1. The van der Waals surface area contributed by atoms with Gasteiger partial charge in [-0.05, 0) is 43.2 Å². The quantitative estimate of drug-likeness (QED) is 0.884. The Hall–Kier alpha value is -1.76. The van der Waals surface area contributed by atoms with Crippen LogP contribution in [-0.2, 0) is 16.6 Å². The van der Waals surface area contributed by atoms with Crippen LogP contribution in [0.15, 0.2) is 47.5 Å². The minimum Gasteiger partial charge on any atom is -0.389 e. The molecule has 0 amide bonds. The largest absolute Gasteiger partial charge is 0.389 e. The maximum Gasteiger partial charge on any atom is 0.240 e. The Morgan fingerprint density at radius 2 is 2.05 bits per heavy atom. The van der Waals surface area contributed by atoms with Crippen LogP contribution in [-0.4, -0.2) is 18.5 Å². The number of hydrogen-bond donors (Lipinski definition) is 2. The third kappa shape index (κ3) is 4.10. The van der Waals surface area contributed by atoms with E-state index in [0.717, 1.165) is 11.3 Å². The molecule has 1 heterocycles. The van der Waals surface area contributed by atoms with Crippen molar-refractivity contribution in [1.29, 1.82) is 0 Å². The Bertz CT molecular complexity index is 710. The molecule has 0 radical (unpaired) electrons. The fraction of sp³-hybridized carbons (Fsp3) is 0.267. The summed E-state index contributed by atoms with van der Waals surface area (Å²) in [6.45, 7) is 3.64. The molecule has 0 fully saturated rings. The molecule has 0 aliphatic rings. The van der Waals surface area contributed by atoms with Gasteiger partial charge in [-0.1, -0.05) is 18.2 Å². The molecule has 1 aromatic heterocycles. The number of pyridine rings is 1. The smallest absolute Gasteiger partial charge is 0.240 e. The van der Waals surface area contributed by atoms with E-state index in [9.17, 15) is 13.5 Å². The van der Waals surface area contributed by atoms with Gasteiger partial charge in [-0.15, -0.1) is 0 Å². The molecule has 2 rings (SSSR count). The zero-order valence-electron chi connectivity index (χ0n) is 11.9. The first-order valence-electron chi connectivity index (χ1n) is 6.58. The number of aliphatic hydroxyl groups excluding tert-OH is 1. The van der Waals surface area contributed by atoms with Gasteiger partial charge in [0.15, 0.2) is 0 Å². The van der Waals surface area contributed by atoms with E-state index in [4.69, 9.17) is 0 Å². The van der Waals surface area contributed by atoms with E-state index in [2.05, 4.69) is 9.71 Å². The van der Waals surface area contributed by atoms with Crippen molar-refractivity contribution in [2.45, 2.75) is 31.4 Å². The summed E-state index contributed by atoms with van der Waals surface area (Å²) >= 11 is 0. The van der Waals surface area contributed by atoms with E-state index < -0.39 is 16.1 Å². The van der Waals surface area contributed by atoms with E-state index in [1.54, 1.807) is 25.3 Å². The maximum atomic E-state index is 12.2. The normalized spacial score (nSPS) is 13.1. The van der Waals surface area contributed by atoms with Gasteiger partial charge >= 0.3 is 0 Å². The fourth-order valence-corrected chi connectivity index (χ4v) is 2.88. The predicted molar refractivity (Wildman–Crippen MR) is 80.1 cm³/mol. The van der Waals surface area contributed by atoms with Gasteiger partial charge in [-0.3, -0.25) is 4.98 Å². The molecule has 0 aliphatic heterocycles. The molecule has 1 aromatic carbocycles. The zero-order valence-corrected chi connectivity index (χ0v) is 12.8. The second-order valence-electron chi connectivity index (χ2n) is 4.88. The van der Waals surface area contributed by atoms with Crippen molar-refractivity contribution in [1.82, 2.24) is 9.71 Å². The second kappa shape index (κ2) is 6.34. The maximum absolute atomic E-state index is 12.2. The highest BCUT2D eigenvalue weighted by molar-refractivity contribution is 7.89. The van der Waals surface area contributed by atoms with Crippen molar-refractivity contribution in [2.24, 2.45) is 0 Å². The third-order valence-electron chi connectivity index (χ3n) is 3.09. The van der Waals surface area contributed by atoms with Crippen LogP contribution in [0.1, 0.15) is 29.8 Å². The summed E-state index contributed by atoms with van der Waals surface area (Å²) in [5, 5.41) is 9.52. The standard InChI is InChI=1S/C15H18N2O3S/c1-11-6-7-13(9-16-11)10-17-21(19,20)15-5-3-4-14(8-15)12(2)18/h3-9,12,17-18H,10H2,1-2H3. The Morgan fingerprint density at radius 3 is 2.67 bits per heavy atom. The molecular formula is C15H18N2O3S. The van der Waals surface area contributed by atoms with Gasteiger partial charge in [-0.25, -0.2) is 13.1 Å². The van der Waals surface area contributed by atoms with Crippen LogP contribution >= 0.6 is 0 Å². The summed E-state index contributed by atoms with van der Waals surface area (Å²) in [6, 6.07) is 9.94. The number of aromatic nitrogens is 1. The lowest BCUT2D eigenvalue weighted by Crippen LogP contribution is -2.23. The molecule has 112 valence electrons. The molecule has 2 aromatic rings. The summed E-state index contributed by atoms with van der Waals surface area (Å²) in [5.41, 5.74) is 2.23. The third-order valence-corrected chi connectivity index (χ3v) is 4.49. The number of hydrogen-bond acceptors (Lipinski definition) is 4. The van der Waals surface area contributed by atoms with E-state index in [-0.39, 0.29) is 11.4 Å². The van der Waals surface area contributed by atoms with Crippen molar-refractivity contribution >= 4 is 10.0 Å². The highest BCUT2D eigenvalue weighted by Crippen LogP contribution is 2.17. The molecule has 0 saturated heterocycles. The van der Waals surface area contributed by atoms with Crippen LogP contribution in [0.2, 0.25) is 0 Å². The van der Waals surface area contributed by atoms with Gasteiger partial charge in [0.25, 0.3) is 0 Å². The zero-order chi connectivity index (χ0) is 15.5. The van der Waals surface area contributed by atoms with Gasteiger partial charge < -0.3 is 5.11 Å². The summed E-state index contributed by atoms with van der Waals surface area (Å²) in [4.78, 5) is 4.26. The van der Waals surface area contributed by atoms with Gasteiger partial charge in [0.2, 0.25) is 10.0 Å². The lowest BCUT2D eigenvalue weighted by Gasteiger charge is -2.10. The Balaban J connectivity index is 2.14. The van der Waals surface area contributed by atoms with Crippen LogP contribution in [0.4, 0.5) is 0 Å². The molecule has 0 saturated carbocycles. The molecule has 0 spiro atoms.